The quantitative estimate of drug-likeness (QED) is 0.162. The lowest BCUT2D eigenvalue weighted by Gasteiger charge is -2.08. The molecule has 26 heavy (non-hydrogen) atoms. The molecule has 0 aromatic rings. The van der Waals surface area contributed by atoms with E-state index in [2.05, 4.69) is 0 Å². The fraction of sp³-hybridized carbons (Fsp3) is 0.941. The molecule has 0 aliphatic carbocycles. The zero-order chi connectivity index (χ0) is 19.1. The van der Waals surface area contributed by atoms with Crippen molar-refractivity contribution in [2.45, 2.75) is 13.3 Å². The van der Waals surface area contributed by atoms with Crippen molar-refractivity contribution in [3.05, 3.63) is 0 Å². The number of hydrogen-bond acceptors (Lipinski definition) is 8. The zero-order valence-corrected chi connectivity index (χ0v) is 16.5. The second-order valence-electron chi connectivity index (χ2n) is 4.92. The number of ether oxygens (including phenoxy) is 7. The minimum atomic E-state index is -0.244. The van der Waals surface area contributed by atoms with E-state index in [4.69, 9.17) is 44.8 Å². The van der Waals surface area contributed by atoms with Gasteiger partial charge in [-0.1, -0.05) is 0 Å². The van der Waals surface area contributed by atoms with Gasteiger partial charge >= 0.3 is 5.97 Å². The van der Waals surface area contributed by atoms with Gasteiger partial charge in [-0.25, -0.2) is 0 Å². The largest absolute Gasteiger partial charge is 0.466 e. The summed E-state index contributed by atoms with van der Waals surface area (Å²) in [6.45, 7) is 8.15. The molecule has 0 unspecified atom stereocenters. The molecule has 0 aromatic heterocycles. The van der Waals surface area contributed by atoms with Crippen LogP contribution in [0.4, 0.5) is 0 Å². The van der Waals surface area contributed by atoms with Gasteiger partial charge in [-0.15, -0.1) is 11.6 Å². The highest BCUT2D eigenvalue weighted by Gasteiger charge is 2.00. The Labute approximate surface area is 161 Å². The van der Waals surface area contributed by atoms with Crippen LogP contribution in [-0.2, 0) is 38.0 Å². The van der Waals surface area contributed by atoms with E-state index in [0.29, 0.717) is 91.8 Å². The molecule has 0 aromatic carbocycles. The van der Waals surface area contributed by atoms with Gasteiger partial charge in [-0.3, -0.25) is 4.79 Å². The number of hydrogen-bond donors (Lipinski definition) is 0. The highest BCUT2D eigenvalue weighted by molar-refractivity contribution is 6.17. The van der Waals surface area contributed by atoms with Crippen LogP contribution in [0.25, 0.3) is 0 Å². The molecule has 0 amide bonds. The Kier molecular flexibility index (Phi) is 22.1. The van der Waals surface area contributed by atoms with Crippen LogP contribution >= 0.6 is 11.6 Å². The minimum Gasteiger partial charge on any atom is -0.466 e. The SMILES string of the molecule is CCOC(=O)CCOCCOCCOCCOCCOCCOCCCl. The van der Waals surface area contributed by atoms with Crippen molar-refractivity contribution in [1.82, 2.24) is 0 Å². The number of rotatable bonds is 21. The first kappa shape index (κ1) is 25.5. The Morgan fingerprint density at radius 2 is 0.962 bits per heavy atom. The molecule has 0 spiro atoms. The van der Waals surface area contributed by atoms with Crippen LogP contribution < -0.4 is 0 Å². The second-order valence-corrected chi connectivity index (χ2v) is 5.30. The molecule has 0 N–H and O–H groups in total. The van der Waals surface area contributed by atoms with Crippen LogP contribution in [0.3, 0.4) is 0 Å². The topological polar surface area (TPSA) is 81.7 Å². The highest BCUT2D eigenvalue weighted by atomic mass is 35.5. The van der Waals surface area contributed by atoms with E-state index in [0.717, 1.165) is 0 Å². The molecular weight excluding hydrogens is 368 g/mol. The summed E-state index contributed by atoms with van der Waals surface area (Å²) in [5.41, 5.74) is 0. The fourth-order valence-corrected chi connectivity index (χ4v) is 1.75. The number of carbonyl (C=O) groups excluding carboxylic acids is 1. The molecule has 0 fully saturated rings. The maximum absolute atomic E-state index is 11.0. The predicted octanol–water partition coefficient (Wildman–Crippen LogP) is 1.28. The molecule has 0 atom stereocenters. The van der Waals surface area contributed by atoms with Gasteiger partial charge in [0.1, 0.15) is 0 Å². The molecule has 8 nitrogen and oxygen atoms in total. The van der Waals surface area contributed by atoms with Gasteiger partial charge in [0.25, 0.3) is 0 Å². The third kappa shape index (κ3) is 21.6. The van der Waals surface area contributed by atoms with Crippen molar-refractivity contribution in [2.75, 3.05) is 91.8 Å². The summed E-state index contributed by atoms with van der Waals surface area (Å²) in [7, 11) is 0. The van der Waals surface area contributed by atoms with Crippen molar-refractivity contribution >= 4 is 17.6 Å². The van der Waals surface area contributed by atoms with Crippen LogP contribution in [0.2, 0.25) is 0 Å². The van der Waals surface area contributed by atoms with E-state index in [1.807, 2.05) is 0 Å². The van der Waals surface area contributed by atoms with Gasteiger partial charge in [-0.05, 0) is 6.92 Å². The van der Waals surface area contributed by atoms with E-state index in [1.165, 1.54) is 0 Å². The average Bonchev–Trinajstić information content (AvgIpc) is 2.64. The molecule has 0 radical (unpaired) electrons. The van der Waals surface area contributed by atoms with Crippen molar-refractivity contribution in [1.29, 1.82) is 0 Å². The number of alkyl halides is 1. The molecule has 0 saturated heterocycles. The summed E-state index contributed by atoms with van der Waals surface area (Å²) in [5.74, 6) is 0.255. The third-order valence-corrected chi connectivity index (χ3v) is 2.99. The summed E-state index contributed by atoms with van der Waals surface area (Å²) in [5, 5.41) is 0. The summed E-state index contributed by atoms with van der Waals surface area (Å²) < 4.78 is 36.6. The van der Waals surface area contributed by atoms with Gasteiger partial charge in [0, 0.05) is 5.88 Å². The lowest BCUT2D eigenvalue weighted by atomic mass is 10.5. The zero-order valence-electron chi connectivity index (χ0n) is 15.8. The van der Waals surface area contributed by atoms with Gasteiger partial charge in [0.2, 0.25) is 0 Å². The molecule has 156 valence electrons. The van der Waals surface area contributed by atoms with E-state index in [1.54, 1.807) is 6.92 Å². The van der Waals surface area contributed by atoms with Crippen molar-refractivity contribution in [3.8, 4) is 0 Å². The highest BCUT2D eigenvalue weighted by Crippen LogP contribution is 1.89. The number of halogens is 1. The average molecular weight is 401 g/mol. The second kappa shape index (κ2) is 22.6. The van der Waals surface area contributed by atoms with Crippen molar-refractivity contribution < 1.29 is 38.0 Å². The van der Waals surface area contributed by atoms with Crippen LogP contribution in [0.1, 0.15) is 13.3 Å². The van der Waals surface area contributed by atoms with Gasteiger partial charge in [0.15, 0.2) is 0 Å². The van der Waals surface area contributed by atoms with Crippen LogP contribution in [-0.4, -0.2) is 97.7 Å². The maximum atomic E-state index is 11.0. The molecule has 0 aliphatic rings. The summed E-state index contributed by atoms with van der Waals surface area (Å²) in [4.78, 5) is 11.0. The van der Waals surface area contributed by atoms with Crippen LogP contribution in [0.15, 0.2) is 0 Å². The fourth-order valence-electron chi connectivity index (χ4n) is 1.64. The molecule has 0 bridgehead atoms. The van der Waals surface area contributed by atoms with Crippen LogP contribution in [0, 0.1) is 0 Å². The van der Waals surface area contributed by atoms with Gasteiger partial charge in [0.05, 0.1) is 92.3 Å². The van der Waals surface area contributed by atoms with E-state index in [9.17, 15) is 4.79 Å². The lowest BCUT2D eigenvalue weighted by Crippen LogP contribution is -2.14. The van der Waals surface area contributed by atoms with E-state index in [-0.39, 0.29) is 12.4 Å². The Bertz CT molecular complexity index is 294. The smallest absolute Gasteiger partial charge is 0.308 e. The lowest BCUT2D eigenvalue weighted by molar-refractivity contribution is -0.144. The standard InChI is InChI=1S/C17H33ClO8/c1-2-26-17(19)3-5-20-7-9-22-11-13-24-15-16-25-14-12-23-10-8-21-6-4-18/h2-16H2,1H3. The number of esters is 1. The molecule has 9 heteroatoms. The van der Waals surface area contributed by atoms with Crippen molar-refractivity contribution in [2.24, 2.45) is 0 Å². The van der Waals surface area contributed by atoms with Crippen LogP contribution in [0.5, 0.6) is 0 Å². The van der Waals surface area contributed by atoms with Crippen molar-refractivity contribution in [3.63, 3.8) is 0 Å². The van der Waals surface area contributed by atoms with Gasteiger partial charge < -0.3 is 33.2 Å². The Hall–Kier alpha value is -0.480. The normalized spacial score (nSPS) is 11.0. The summed E-state index contributed by atoms with van der Waals surface area (Å²) >= 11 is 5.47. The summed E-state index contributed by atoms with van der Waals surface area (Å²) in [6, 6.07) is 0. The van der Waals surface area contributed by atoms with E-state index < -0.39 is 0 Å². The first-order valence-corrected chi connectivity index (χ1v) is 9.52. The number of carbonyl (C=O) groups is 1. The van der Waals surface area contributed by atoms with Gasteiger partial charge in [-0.2, -0.15) is 0 Å². The molecular formula is C17H33ClO8. The Balaban J connectivity index is 3.02. The molecule has 0 aliphatic heterocycles. The van der Waals surface area contributed by atoms with E-state index >= 15 is 0 Å². The minimum absolute atomic E-state index is 0.244. The molecule has 0 heterocycles. The maximum Gasteiger partial charge on any atom is 0.308 e. The third-order valence-electron chi connectivity index (χ3n) is 2.84. The summed E-state index contributed by atoms with van der Waals surface area (Å²) in [6.07, 6.45) is 0.268. The molecule has 0 saturated carbocycles. The molecule has 0 rings (SSSR count). The predicted molar refractivity (Wildman–Crippen MR) is 96.9 cm³/mol. The monoisotopic (exact) mass is 400 g/mol. The Morgan fingerprint density at radius 3 is 1.31 bits per heavy atom. The first-order valence-electron chi connectivity index (χ1n) is 8.99. The Morgan fingerprint density at radius 1 is 0.615 bits per heavy atom. The first-order chi connectivity index (χ1) is 12.8.